The van der Waals surface area contributed by atoms with Crippen molar-refractivity contribution in [2.75, 3.05) is 57.3 Å². The van der Waals surface area contributed by atoms with E-state index in [1.807, 2.05) is 13.8 Å². The molecular formula is C22H32N4O4. The van der Waals surface area contributed by atoms with Gasteiger partial charge in [0.1, 0.15) is 12.3 Å². The largest absolute Gasteiger partial charge is 0.482 e. The number of nitrogens with zero attached hydrogens (tertiary/aromatic N) is 3. The zero-order valence-electron chi connectivity index (χ0n) is 18.0. The van der Waals surface area contributed by atoms with Gasteiger partial charge in [0.2, 0.25) is 5.91 Å². The number of likely N-dealkylation sites (tertiary alicyclic amines) is 1. The summed E-state index contributed by atoms with van der Waals surface area (Å²) in [6, 6.07) is 5.04. The van der Waals surface area contributed by atoms with E-state index in [1.165, 1.54) is 17.7 Å². The van der Waals surface area contributed by atoms with Crippen LogP contribution in [0.1, 0.15) is 43.5 Å². The fourth-order valence-corrected chi connectivity index (χ4v) is 3.94. The predicted molar refractivity (Wildman–Crippen MR) is 115 cm³/mol. The Hall–Kier alpha value is -2.61. The molecule has 30 heavy (non-hydrogen) atoms. The Morgan fingerprint density at radius 2 is 1.90 bits per heavy atom. The normalized spacial score (nSPS) is 16.2. The highest BCUT2D eigenvalue weighted by molar-refractivity contribution is 6.04. The van der Waals surface area contributed by atoms with Gasteiger partial charge in [-0.1, -0.05) is 0 Å². The van der Waals surface area contributed by atoms with Crippen LogP contribution < -0.4 is 15.0 Å². The summed E-state index contributed by atoms with van der Waals surface area (Å²) in [6.07, 6.45) is 3.40. The molecule has 1 N–H and O–H groups in total. The molecule has 0 saturated carbocycles. The molecule has 0 spiro atoms. The molecule has 0 aromatic heterocycles. The first-order chi connectivity index (χ1) is 14.5. The lowest BCUT2D eigenvalue weighted by Gasteiger charge is -2.29. The smallest absolute Gasteiger partial charge is 0.265 e. The molecule has 2 aliphatic rings. The first kappa shape index (κ1) is 22.1. The second kappa shape index (κ2) is 10.4. The summed E-state index contributed by atoms with van der Waals surface area (Å²) >= 11 is 0. The Bertz CT molecular complexity index is 772. The highest BCUT2D eigenvalue weighted by atomic mass is 16.5. The van der Waals surface area contributed by atoms with Gasteiger partial charge in [0.15, 0.2) is 6.61 Å². The number of nitrogens with one attached hydrogen (secondary N) is 1. The second-order valence-electron chi connectivity index (χ2n) is 7.68. The van der Waals surface area contributed by atoms with Crippen LogP contribution in [-0.2, 0) is 9.59 Å². The van der Waals surface area contributed by atoms with Crippen molar-refractivity contribution < 1.29 is 19.1 Å². The first-order valence-electron chi connectivity index (χ1n) is 10.9. The number of rotatable bonds is 9. The fourth-order valence-electron chi connectivity index (χ4n) is 3.94. The zero-order chi connectivity index (χ0) is 21.5. The van der Waals surface area contributed by atoms with Gasteiger partial charge in [0.25, 0.3) is 11.8 Å². The summed E-state index contributed by atoms with van der Waals surface area (Å²) in [7, 11) is 0. The molecule has 8 nitrogen and oxygen atoms in total. The van der Waals surface area contributed by atoms with Crippen LogP contribution in [0.2, 0.25) is 0 Å². The molecule has 1 fully saturated rings. The van der Waals surface area contributed by atoms with E-state index in [9.17, 15) is 14.4 Å². The Kier molecular flexibility index (Phi) is 7.68. The molecule has 1 aromatic rings. The van der Waals surface area contributed by atoms with Gasteiger partial charge in [-0.2, -0.15) is 0 Å². The average Bonchev–Trinajstić information content (AvgIpc) is 3.27. The predicted octanol–water partition coefficient (Wildman–Crippen LogP) is 1.50. The first-order valence-corrected chi connectivity index (χ1v) is 10.9. The van der Waals surface area contributed by atoms with E-state index in [0.717, 1.165) is 26.1 Å². The lowest BCUT2D eigenvalue weighted by molar-refractivity contribution is -0.125. The van der Waals surface area contributed by atoms with Crippen molar-refractivity contribution in [1.29, 1.82) is 0 Å². The molecule has 8 heteroatoms. The van der Waals surface area contributed by atoms with E-state index >= 15 is 0 Å². The molecule has 2 heterocycles. The van der Waals surface area contributed by atoms with Crippen molar-refractivity contribution in [3.05, 3.63) is 23.8 Å². The molecule has 0 atom stereocenters. The van der Waals surface area contributed by atoms with Gasteiger partial charge in [0.05, 0.1) is 5.69 Å². The number of fused-ring (bicyclic) bond motifs is 1. The van der Waals surface area contributed by atoms with Gasteiger partial charge in [-0.3, -0.25) is 19.3 Å². The Labute approximate surface area is 178 Å². The number of carbonyl (C=O) groups excluding carboxylic acids is 3. The molecule has 0 unspecified atom stereocenters. The molecule has 2 aliphatic heterocycles. The molecule has 1 saturated heterocycles. The summed E-state index contributed by atoms with van der Waals surface area (Å²) in [5, 5.41) is 2.90. The van der Waals surface area contributed by atoms with Crippen LogP contribution in [0.15, 0.2) is 18.2 Å². The number of carbonyl (C=O) groups is 3. The van der Waals surface area contributed by atoms with Gasteiger partial charge in [-0.15, -0.1) is 0 Å². The topological polar surface area (TPSA) is 82.2 Å². The minimum Gasteiger partial charge on any atom is -0.482 e. The van der Waals surface area contributed by atoms with Gasteiger partial charge < -0.3 is 19.9 Å². The summed E-state index contributed by atoms with van der Waals surface area (Å²) in [6.45, 7) is 8.71. The van der Waals surface area contributed by atoms with Crippen molar-refractivity contribution in [3.63, 3.8) is 0 Å². The van der Waals surface area contributed by atoms with Gasteiger partial charge in [-0.05, 0) is 70.9 Å². The second-order valence-corrected chi connectivity index (χ2v) is 7.68. The van der Waals surface area contributed by atoms with Crippen molar-refractivity contribution in [1.82, 2.24) is 15.1 Å². The molecule has 1 aromatic carbocycles. The molecular weight excluding hydrogens is 384 g/mol. The number of benzene rings is 1. The minimum atomic E-state index is -0.290. The quantitative estimate of drug-likeness (QED) is 0.617. The van der Waals surface area contributed by atoms with Crippen LogP contribution in [-0.4, -0.2) is 79.9 Å². The highest BCUT2D eigenvalue weighted by Gasteiger charge is 2.28. The van der Waals surface area contributed by atoms with E-state index in [4.69, 9.17) is 4.74 Å². The summed E-state index contributed by atoms with van der Waals surface area (Å²) < 4.78 is 5.50. The zero-order valence-corrected chi connectivity index (χ0v) is 18.0. The Balaban J connectivity index is 1.62. The van der Waals surface area contributed by atoms with Gasteiger partial charge >= 0.3 is 0 Å². The lowest BCUT2D eigenvalue weighted by Crippen LogP contribution is -2.45. The van der Waals surface area contributed by atoms with Gasteiger partial charge in [-0.25, -0.2) is 0 Å². The summed E-state index contributed by atoms with van der Waals surface area (Å²) in [4.78, 5) is 43.1. The third-order valence-corrected chi connectivity index (χ3v) is 5.67. The molecule has 0 bridgehead atoms. The summed E-state index contributed by atoms with van der Waals surface area (Å²) in [5.74, 6) is -0.0973. The third kappa shape index (κ3) is 5.30. The van der Waals surface area contributed by atoms with Crippen LogP contribution in [0.25, 0.3) is 0 Å². The maximum Gasteiger partial charge on any atom is 0.265 e. The van der Waals surface area contributed by atoms with Crippen LogP contribution in [0, 0.1) is 0 Å². The number of hydrogen-bond donors (Lipinski definition) is 1. The highest BCUT2D eigenvalue weighted by Crippen LogP contribution is 2.33. The maximum absolute atomic E-state index is 12.7. The Morgan fingerprint density at radius 3 is 2.60 bits per heavy atom. The van der Waals surface area contributed by atoms with Crippen LogP contribution >= 0.6 is 0 Å². The van der Waals surface area contributed by atoms with E-state index in [2.05, 4.69) is 10.2 Å². The third-order valence-electron chi connectivity index (χ3n) is 5.67. The van der Waals surface area contributed by atoms with Crippen LogP contribution in [0.5, 0.6) is 5.75 Å². The Morgan fingerprint density at radius 1 is 1.17 bits per heavy atom. The van der Waals surface area contributed by atoms with Gasteiger partial charge in [0, 0.05) is 25.2 Å². The number of anilines is 1. The number of hydrogen-bond acceptors (Lipinski definition) is 5. The van der Waals surface area contributed by atoms with Crippen molar-refractivity contribution in [2.24, 2.45) is 0 Å². The van der Waals surface area contributed by atoms with Crippen molar-refractivity contribution in [2.45, 2.75) is 33.1 Å². The van der Waals surface area contributed by atoms with E-state index in [1.54, 1.807) is 23.1 Å². The minimum absolute atomic E-state index is 0.0815. The molecule has 0 aliphatic carbocycles. The molecule has 3 amide bonds. The molecule has 164 valence electrons. The standard InChI is InChI=1S/C22H32N4O4/c1-3-25(4-2)22(29)17-8-9-19-18(14-17)26(21(28)16-30-19)15-20(27)23-10-7-13-24-11-5-6-12-24/h8-9,14H,3-7,10-13,15-16H2,1-2H3,(H,23,27). The lowest BCUT2D eigenvalue weighted by atomic mass is 10.1. The number of amides is 3. The van der Waals surface area contributed by atoms with E-state index in [-0.39, 0.29) is 30.9 Å². The van der Waals surface area contributed by atoms with Crippen LogP contribution in [0.4, 0.5) is 5.69 Å². The van der Waals surface area contributed by atoms with Crippen molar-refractivity contribution in [3.8, 4) is 5.75 Å². The monoisotopic (exact) mass is 416 g/mol. The van der Waals surface area contributed by atoms with E-state index < -0.39 is 0 Å². The fraction of sp³-hybridized carbons (Fsp3) is 0.591. The molecule has 3 rings (SSSR count). The van der Waals surface area contributed by atoms with Crippen LogP contribution in [0.3, 0.4) is 0 Å². The molecule has 0 radical (unpaired) electrons. The summed E-state index contributed by atoms with van der Waals surface area (Å²) in [5.41, 5.74) is 0.947. The SMILES string of the molecule is CCN(CC)C(=O)c1ccc2c(c1)N(CC(=O)NCCCN1CCCC1)C(=O)CO2. The van der Waals surface area contributed by atoms with E-state index in [0.29, 0.717) is 36.6 Å². The number of ether oxygens (including phenoxy) is 1. The maximum atomic E-state index is 12.7. The van der Waals surface area contributed by atoms with Crippen molar-refractivity contribution >= 4 is 23.4 Å². The average molecular weight is 417 g/mol.